The summed E-state index contributed by atoms with van der Waals surface area (Å²) < 4.78 is 4.51. The van der Waals surface area contributed by atoms with Gasteiger partial charge in [0.2, 0.25) is 0 Å². The number of rotatable bonds is 6. The zero-order valence-corrected chi connectivity index (χ0v) is 33.6. The molecule has 54 heavy (non-hydrogen) atoms. The second kappa shape index (κ2) is 13.5. The molecule has 1 aliphatic heterocycles. The van der Waals surface area contributed by atoms with E-state index in [-0.39, 0.29) is 5.41 Å². The van der Waals surface area contributed by atoms with E-state index in [2.05, 4.69) is 159 Å². The fraction of sp³-hybridized carbons (Fsp3) is 0.104. The summed E-state index contributed by atoms with van der Waals surface area (Å²) in [7, 11) is 0. The number of benzene rings is 6. The van der Waals surface area contributed by atoms with E-state index >= 15 is 0 Å². The summed E-state index contributed by atoms with van der Waals surface area (Å²) in [6.45, 7) is 8.75. The summed E-state index contributed by atoms with van der Waals surface area (Å²) in [6, 6.07) is 47.9. The topological polar surface area (TPSA) is 43.6 Å². The fourth-order valence-corrected chi connectivity index (χ4v) is 8.12. The van der Waals surface area contributed by atoms with Gasteiger partial charge >= 0.3 is 0 Å². The monoisotopic (exact) mass is 826 g/mol. The van der Waals surface area contributed by atoms with Crippen LogP contribution < -0.4 is 0 Å². The number of aromatic nitrogens is 4. The second-order valence-corrected chi connectivity index (χ2v) is 16.7. The standard InChI is InChI=1S/C48H36Br2N4/c1-29(15-16-30(2)49)45-51-46(33-17-21-37(50)22-18-33)53-47(52-45)35-20-24-43-40(27-35)48(3,4)41-28-36(32-13-9-6-10-14-32)26-39-38-25-34(31-11-7-5-8-12-31)19-23-42(38)54(43)44(39)41/h5-28H,1-4H3. The van der Waals surface area contributed by atoms with Crippen LogP contribution in [0.15, 0.2) is 155 Å². The van der Waals surface area contributed by atoms with Crippen LogP contribution in [-0.2, 0) is 5.41 Å². The van der Waals surface area contributed by atoms with Crippen LogP contribution in [-0.4, -0.2) is 19.5 Å². The third-order valence-corrected chi connectivity index (χ3v) is 11.4. The molecule has 0 saturated carbocycles. The van der Waals surface area contributed by atoms with Crippen molar-refractivity contribution in [2.45, 2.75) is 33.1 Å². The summed E-state index contributed by atoms with van der Waals surface area (Å²) in [5.41, 5.74) is 13.5. The van der Waals surface area contributed by atoms with Crippen LogP contribution in [0.25, 0.3) is 78.1 Å². The maximum Gasteiger partial charge on any atom is 0.164 e. The summed E-state index contributed by atoms with van der Waals surface area (Å²) in [4.78, 5) is 15.1. The van der Waals surface area contributed by atoms with Crippen LogP contribution in [0.4, 0.5) is 0 Å². The zero-order chi connectivity index (χ0) is 37.1. The average molecular weight is 829 g/mol. The minimum atomic E-state index is -0.334. The van der Waals surface area contributed by atoms with Gasteiger partial charge in [-0.05, 0) is 112 Å². The van der Waals surface area contributed by atoms with Gasteiger partial charge in [-0.1, -0.05) is 137 Å². The van der Waals surface area contributed by atoms with Crippen LogP contribution in [0.2, 0.25) is 0 Å². The van der Waals surface area contributed by atoms with Crippen molar-refractivity contribution in [3.05, 3.63) is 172 Å². The van der Waals surface area contributed by atoms with Gasteiger partial charge in [0.25, 0.3) is 0 Å². The predicted octanol–water partition coefficient (Wildman–Crippen LogP) is 13.7. The Hall–Kier alpha value is -5.43. The number of hydrogen-bond acceptors (Lipinski definition) is 3. The molecule has 1 aliphatic rings. The van der Waals surface area contributed by atoms with Gasteiger partial charge in [0, 0.05) is 31.8 Å². The van der Waals surface area contributed by atoms with Crippen molar-refractivity contribution >= 4 is 59.2 Å². The van der Waals surface area contributed by atoms with Crippen LogP contribution in [0.1, 0.15) is 44.6 Å². The Morgan fingerprint density at radius 3 is 1.85 bits per heavy atom. The SMILES string of the molecule is CC(Br)=CC=C(C)c1nc(-c2ccc(Br)cc2)nc(-c2ccc3c(c2)C(C)(C)c2cc(-c4ccccc4)cc4c5cc(-c6ccccc6)ccc5n-3c24)n1. The van der Waals surface area contributed by atoms with Crippen molar-refractivity contribution in [1.82, 2.24) is 19.5 Å². The van der Waals surface area contributed by atoms with E-state index < -0.39 is 0 Å². The van der Waals surface area contributed by atoms with Crippen LogP contribution in [0, 0.1) is 0 Å². The number of allylic oxidation sites excluding steroid dienone is 4. The Morgan fingerprint density at radius 1 is 0.574 bits per heavy atom. The first-order valence-electron chi connectivity index (χ1n) is 18.1. The molecule has 2 aromatic heterocycles. The molecule has 0 bridgehead atoms. The Bertz CT molecular complexity index is 2810. The third kappa shape index (κ3) is 5.94. The fourth-order valence-electron chi connectivity index (χ4n) is 7.72. The van der Waals surface area contributed by atoms with E-state index in [0.717, 1.165) is 25.7 Å². The van der Waals surface area contributed by atoms with Gasteiger partial charge in [0.15, 0.2) is 17.5 Å². The molecule has 0 atom stereocenters. The van der Waals surface area contributed by atoms with E-state index in [1.807, 2.05) is 50.3 Å². The van der Waals surface area contributed by atoms with Crippen molar-refractivity contribution in [3.8, 4) is 50.7 Å². The van der Waals surface area contributed by atoms with Gasteiger partial charge in [-0.15, -0.1) is 0 Å². The highest BCUT2D eigenvalue weighted by Crippen LogP contribution is 2.50. The van der Waals surface area contributed by atoms with Crippen molar-refractivity contribution in [2.75, 3.05) is 0 Å². The number of fused-ring (bicyclic) bond motifs is 5. The molecule has 8 aromatic rings. The lowest BCUT2D eigenvalue weighted by Gasteiger charge is -2.35. The Kier molecular flexibility index (Phi) is 8.56. The Balaban J connectivity index is 1.28. The highest BCUT2D eigenvalue weighted by atomic mass is 79.9. The third-order valence-electron chi connectivity index (χ3n) is 10.6. The maximum atomic E-state index is 5.10. The van der Waals surface area contributed by atoms with Crippen LogP contribution in [0.3, 0.4) is 0 Å². The van der Waals surface area contributed by atoms with Gasteiger partial charge in [-0.25, -0.2) is 15.0 Å². The average Bonchev–Trinajstić information content (AvgIpc) is 3.53. The van der Waals surface area contributed by atoms with Gasteiger partial charge in [0.1, 0.15) is 0 Å². The lowest BCUT2D eigenvalue weighted by Crippen LogP contribution is -2.26. The minimum Gasteiger partial charge on any atom is -0.309 e. The highest BCUT2D eigenvalue weighted by molar-refractivity contribution is 9.11. The van der Waals surface area contributed by atoms with Crippen molar-refractivity contribution in [2.24, 2.45) is 0 Å². The largest absolute Gasteiger partial charge is 0.309 e. The van der Waals surface area contributed by atoms with E-state index in [9.17, 15) is 0 Å². The Morgan fingerprint density at radius 2 is 1.17 bits per heavy atom. The molecular formula is C48H36Br2N4. The van der Waals surface area contributed by atoms with Crippen LogP contribution >= 0.6 is 31.9 Å². The molecule has 0 saturated heterocycles. The number of nitrogens with zero attached hydrogens (tertiary/aromatic N) is 4. The summed E-state index contributed by atoms with van der Waals surface area (Å²) in [5.74, 6) is 1.92. The molecule has 6 aromatic carbocycles. The van der Waals surface area contributed by atoms with Crippen LogP contribution in [0.5, 0.6) is 0 Å². The maximum absolute atomic E-state index is 5.10. The first-order valence-corrected chi connectivity index (χ1v) is 19.7. The lowest BCUT2D eigenvalue weighted by molar-refractivity contribution is 0.630. The van der Waals surface area contributed by atoms with Gasteiger partial charge in [0.05, 0.1) is 16.7 Å². The molecule has 0 fully saturated rings. The molecule has 3 heterocycles. The first kappa shape index (κ1) is 34.3. The van der Waals surface area contributed by atoms with Crippen molar-refractivity contribution in [3.63, 3.8) is 0 Å². The smallest absolute Gasteiger partial charge is 0.164 e. The molecule has 262 valence electrons. The lowest BCUT2D eigenvalue weighted by atomic mass is 9.73. The van der Waals surface area contributed by atoms with Crippen molar-refractivity contribution in [1.29, 1.82) is 0 Å². The molecular weight excluding hydrogens is 792 g/mol. The molecule has 0 spiro atoms. The summed E-state index contributed by atoms with van der Waals surface area (Å²) in [6.07, 6.45) is 4.06. The minimum absolute atomic E-state index is 0.334. The number of hydrogen-bond donors (Lipinski definition) is 0. The zero-order valence-electron chi connectivity index (χ0n) is 30.4. The molecule has 4 nitrogen and oxygen atoms in total. The molecule has 0 radical (unpaired) electrons. The first-order chi connectivity index (χ1) is 26.2. The van der Waals surface area contributed by atoms with Gasteiger partial charge in [-0.3, -0.25) is 0 Å². The molecule has 0 amide bonds. The normalized spacial score (nSPS) is 13.7. The number of halogens is 2. The van der Waals surface area contributed by atoms with Crippen molar-refractivity contribution < 1.29 is 0 Å². The highest BCUT2D eigenvalue weighted by Gasteiger charge is 2.36. The molecule has 0 N–H and O–H groups in total. The molecule has 9 rings (SSSR count). The van der Waals surface area contributed by atoms with E-state index in [1.165, 1.54) is 60.9 Å². The van der Waals surface area contributed by atoms with E-state index in [0.29, 0.717) is 17.5 Å². The second-order valence-electron chi connectivity index (χ2n) is 14.5. The summed E-state index contributed by atoms with van der Waals surface area (Å²) in [5, 5.41) is 2.51. The van der Waals surface area contributed by atoms with E-state index in [1.54, 1.807) is 0 Å². The van der Waals surface area contributed by atoms with E-state index in [4.69, 9.17) is 15.0 Å². The molecule has 0 aliphatic carbocycles. The molecule has 0 unspecified atom stereocenters. The Labute approximate surface area is 332 Å². The molecule has 6 heteroatoms. The van der Waals surface area contributed by atoms with Gasteiger partial charge < -0.3 is 4.57 Å². The quantitative estimate of drug-likeness (QED) is 0.157. The predicted molar refractivity (Wildman–Crippen MR) is 232 cm³/mol. The van der Waals surface area contributed by atoms with Gasteiger partial charge in [-0.2, -0.15) is 0 Å². The summed E-state index contributed by atoms with van der Waals surface area (Å²) >= 11 is 7.13.